The van der Waals surface area contributed by atoms with Gasteiger partial charge in [0.2, 0.25) is 5.91 Å². The number of ether oxygens (including phenoxy) is 1. The quantitative estimate of drug-likeness (QED) is 0.628. The SMILES string of the molecule is CC(C)(C)OC(=O)N1CC[C@H](C(=O)O)C1.Cl.O=C(NCC(F)F)[C@H]1CCNC1. The maximum Gasteiger partial charge on any atom is 0.410 e. The minimum atomic E-state index is -2.46. The van der Waals surface area contributed by atoms with Crippen LogP contribution in [-0.2, 0) is 14.3 Å². The Balaban J connectivity index is 0.000000514. The topological polar surface area (TPSA) is 108 Å². The Kier molecular flexibility index (Phi) is 11.3. The first-order chi connectivity index (χ1) is 12.5. The first kappa shape index (κ1) is 26.3. The number of nitrogens with one attached hydrogen (secondary N) is 2. The van der Waals surface area contributed by atoms with Gasteiger partial charge in [0.05, 0.1) is 18.4 Å². The molecule has 3 N–H and O–H groups in total. The highest BCUT2D eigenvalue weighted by molar-refractivity contribution is 5.85. The fraction of sp³-hybridized carbons (Fsp3) is 0.824. The molecule has 8 nitrogen and oxygen atoms in total. The van der Waals surface area contributed by atoms with E-state index < -0.39 is 36.6 Å². The van der Waals surface area contributed by atoms with Crippen LogP contribution >= 0.6 is 12.4 Å². The smallest absolute Gasteiger partial charge is 0.410 e. The molecular formula is C17H30ClF2N3O5. The summed E-state index contributed by atoms with van der Waals surface area (Å²) in [6.07, 6.45) is -1.63. The molecule has 0 saturated carbocycles. The third kappa shape index (κ3) is 10.0. The molecule has 0 aromatic carbocycles. The molecule has 2 aliphatic rings. The molecule has 2 atom stereocenters. The van der Waals surface area contributed by atoms with Gasteiger partial charge in [0.25, 0.3) is 6.43 Å². The van der Waals surface area contributed by atoms with E-state index in [0.29, 0.717) is 19.5 Å². The Morgan fingerprint density at radius 3 is 2.32 bits per heavy atom. The second kappa shape index (κ2) is 12.0. The fourth-order valence-electron chi connectivity index (χ4n) is 2.65. The summed E-state index contributed by atoms with van der Waals surface area (Å²) in [5.74, 6) is -1.68. The molecule has 164 valence electrons. The number of carbonyl (C=O) groups is 3. The van der Waals surface area contributed by atoms with Crippen molar-refractivity contribution < 1.29 is 33.0 Å². The summed E-state index contributed by atoms with van der Waals surface area (Å²) in [7, 11) is 0. The Bertz CT molecular complexity index is 525. The van der Waals surface area contributed by atoms with Gasteiger partial charge in [-0.15, -0.1) is 12.4 Å². The summed E-state index contributed by atoms with van der Waals surface area (Å²) < 4.78 is 28.4. The number of carbonyl (C=O) groups excluding carboxylic acids is 2. The maximum atomic E-state index is 11.7. The van der Waals surface area contributed by atoms with Crippen LogP contribution in [0.25, 0.3) is 0 Å². The second-order valence-electron chi connectivity index (χ2n) is 7.58. The first-order valence-electron chi connectivity index (χ1n) is 8.97. The predicted octanol–water partition coefficient (Wildman–Crippen LogP) is 1.73. The molecule has 2 amide bonds. The van der Waals surface area contributed by atoms with E-state index in [1.807, 2.05) is 0 Å². The summed E-state index contributed by atoms with van der Waals surface area (Å²) in [6, 6.07) is 0. The Hall–Kier alpha value is -1.68. The van der Waals surface area contributed by atoms with Crippen LogP contribution in [0.15, 0.2) is 0 Å². The van der Waals surface area contributed by atoms with Gasteiger partial charge >= 0.3 is 12.1 Å². The Labute approximate surface area is 169 Å². The number of alkyl halides is 2. The van der Waals surface area contributed by atoms with E-state index >= 15 is 0 Å². The van der Waals surface area contributed by atoms with Gasteiger partial charge in [-0.1, -0.05) is 0 Å². The zero-order valence-electron chi connectivity index (χ0n) is 16.4. The molecule has 0 aromatic rings. The minimum Gasteiger partial charge on any atom is -0.481 e. The molecule has 2 aliphatic heterocycles. The van der Waals surface area contributed by atoms with Gasteiger partial charge in [-0.25, -0.2) is 13.6 Å². The molecule has 2 fully saturated rings. The second-order valence-corrected chi connectivity index (χ2v) is 7.58. The lowest BCUT2D eigenvalue weighted by atomic mass is 10.1. The highest BCUT2D eigenvalue weighted by Gasteiger charge is 2.33. The summed E-state index contributed by atoms with van der Waals surface area (Å²) in [6.45, 7) is 6.95. The average Bonchev–Trinajstić information content (AvgIpc) is 3.22. The van der Waals surface area contributed by atoms with E-state index in [-0.39, 0.29) is 30.8 Å². The number of carboxylic acid groups (broad SMARTS) is 1. The fourth-order valence-corrected chi connectivity index (χ4v) is 2.65. The molecule has 2 saturated heterocycles. The Morgan fingerprint density at radius 2 is 1.89 bits per heavy atom. The number of rotatable bonds is 4. The monoisotopic (exact) mass is 429 g/mol. The molecule has 2 heterocycles. The number of aliphatic carboxylic acids is 1. The minimum absolute atomic E-state index is 0. The first-order valence-corrected chi connectivity index (χ1v) is 8.97. The lowest BCUT2D eigenvalue weighted by molar-refractivity contribution is -0.141. The van der Waals surface area contributed by atoms with Crippen LogP contribution < -0.4 is 10.6 Å². The van der Waals surface area contributed by atoms with Crippen LogP contribution in [0.5, 0.6) is 0 Å². The van der Waals surface area contributed by atoms with Crippen molar-refractivity contribution in [2.45, 2.75) is 45.6 Å². The van der Waals surface area contributed by atoms with Gasteiger partial charge in [-0.3, -0.25) is 9.59 Å². The summed E-state index contributed by atoms with van der Waals surface area (Å²) in [4.78, 5) is 34.7. The van der Waals surface area contributed by atoms with Gasteiger partial charge in [0, 0.05) is 19.6 Å². The molecule has 0 aliphatic carbocycles. The summed E-state index contributed by atoms with van der Waals surface area (Å²) in [5.41, 5.74) is -0.529. The molecule has 0 spiro atoms. The van der Waals surface area contributed by atoms with E-state index in [2.05, 4.69) is 10.6 Å². The van der Waals surface area contributed by atoms with E-state index in [0.717, 1.165) is 13.0 Å². The lowest BCUT2D eigenvalue weighted by Crippen LogP contribution is -2.35. The third-order valence-corrected chi connectivity index (χ3v) is 4.05. The number of amides is 2. The van der Waals surface area contributed by atoms with Crippen LogP contribution in [0.1, 0.15) is 33.6 Å². The van der Waals surface area contributed by atoms with E-state index in [1.54, 1.807) is 20.8 Å². The van der Waals surface area contributed by atoms with Crippen molar-refractivity contribution in [3.8, 4) is 0 Å². The van der Waals surface area contributed by atoms with Crippen molar-refractivity contribution in [2.75, 3.05) is 32.7 Å². The van der Waals surface area contributed by atoms with E-state index in [1.165, 1.54) is 4.90 Å². The van der Waals surface area contributed by atoms with Crippen molar-refractivity contribution in [2.24, 2.45) is 11.8 Å². The van der Waals surface area contributed by atoms with Crippen LogP contribution in [-0.4, -0.2) is 72.7 Å². The standard InChI is InChI=1S/C10H17NO4.C7H12F2N2O.ClH/c1-10(2,3)15-9(14)11-5-4-7(6-11)8(12)13;8-6(9)4-11-7(12)5-1-2-10-3-5;/h7H,4-6H2,1-3H3,(H,12,13);5-6,10H,1-4H2,(H,11,12);1H/t7-;5-;/m00./s1. The number of nitrogens with zero attached hydrogens (tertiary/aromatic N) is 1. The van der Waals surface area contributed by atoms with Crippen molar-refractivity contribution in [3.05, 3.63) is 0 Å². The summed E-state index contributed by atoms with van der Waals surface area (Å²) in [5, 5.41) is 14.0. The summed E-state index contributed by atoms with van der Waals surface area (Å²) >= 11 is 0. The van der Waals surface area contributed by atoms with Crippen molar-refractivity contribution in [1.82, 2.24) is 15.5 Å². The van der Waals surface area contributed by atoms with Crippen molar-refractivity contribution in [1.29, 1.82) is 0 Å². The average molecular weight is 430 g/mol. The number of carboxylic acids is 1. The van der Waals surface area contributed by atoms with Gasteiger partial charge in [-0.2, -0.15) is 0 Å². The zero-order chi connectivity index (χ0) is 20.6. The third-order valence-electron chi connectivity index (χ3n) is 4.05. The van der Waals surface area contributed by atoms with Crippen LogP contribution in [0.4, 0.5) is 13.6 Å². The number of hydrogen-bond acceptors (Lipinski definition) is 5. The van der Waals surface area contributed by atoms with Gasteiger partial charge in [0.15, 0.2) is 0 Å². The number of halogens is 3. The number of likely N-dealkylation sites (tertiary alicyclic amines) is 1. The van der Waals surface area contributed by atoms with Crippen LogP contribution in [0, 0.1) is 11.8 Å². The molecule has 11 heteroatoms. The molecule has 0 unspecified atom stereocenters. The highest BCUT2D eigenvalue weighted by atomic mass is 35.5. The molecule has 0 radical (unpaired) electrons. The van der Waals surface area contributed by atoms with Crippen molar-refractivity contribution in [3.63, 3.8) is 0 Å². The van der Waals surface area contributed by atoms with Gasteiger partial charge < -0.3 is 25.4 Å². The van der Waals surface area contributed by atoms with Crippen molar-refractivity contribution >= 4 is 30.4 Å². The molecule has 2 rings (SSSR count). The van der Waals surface area contributed by atoms with Gasteiger partial charge in [0.1, 0.15) is 5.60 Å². The molecular weight excluding hydrogens is 400 g/mol. The maximum absolute atomic E-state index is 11.7. The molecule has 28 heavy (non-hydrogen) atoms. The van der Waals surface area contributed by atoms with Gasteiger partial charge in [-0.05, 0) is 40.2 Å². The Morgan fingerprint density at radius 1 is 1.25 bits per heavy atom. The largest absolute Gasteiger partial charge is 0.481 e. The van der Waals surface area contributed by atoms with Crippen LogP contribution in [0.2, 0.25) is 0 Å². The molecule has 0 bridgehead atoms. The number of hydrogen-bond donors (Lipinski definition) is 3. The predicted molar refractivity (Wildman–Crippen MR) is 101 cm³/mol. The molecule has 0 aromatic heterocycles. The lowest BCUT2D eigenvalue weighted by Gasteiger charge is -2.24. The van der Waals surface area contributed by atoms with E-state index in [9.17, 15) is 23.2 Å². The van der Waals surface area contributed by atoms with Crippen LogP contribution in [0.3, 0.4) is 0 Å². The zero-order valence-corrected chi connectivity index (χ0v) is 17.2. The van der Waals surface area contributed by atoms with E-state index in [4.69, 9.17) is 9.84 Å². The normalized spacial score (nSPS) is 21.4. The highest BCUT2D eigenvalue weighted by Crippen LogP contribution is 2.19.